The van der Waals surface area contributed by atoms with Gasteiger partial charge in [-0.2, -0.15) is 0 Å². The normalized spacial score (nSPS) is 15.4. The third-order valence-corrected chi connectivity index (χ3v) is 8.31. The molecule has 4 rings (SSSR count). The fourth-order valence-electron chi connectivity index (χ4n) is 4.64. The Morgan fingerprint density at radius 2 is 1.93 bits per heavy atom. The van der Waals surface area contributed by atoms with Crippen LogP contribution in [0.5, 0.6) is 0 Å². The minimum atomic E-state index is -1.14. The van der Waals surface area contributed by atoms with Crippen molar-refractivity contribution in [1.82, 2.24) is 24.6 Å². The Balaban J connectivity index is 1.58. The molecule has 1 aliphatic heterocycles. The van der Waals surface area contributed by atoms with Gasteiger partial charge in [0.25, 0.3) is 5.56 Å². The fourth-order valence-corrected chi connectivity index (χ4v) is 5.60. The third-order valence-electron chi connectivity index (χ3n) is 7.38. The molecule has 1 amide bonds. The standard InChI is InChI=1S/C29H38N6O4S/c1-18(2)23-17-40-25(31-23)8-6-20-10-15-35-24(16-20)32-27(22(29(35)39)7-9-26(36)37)34-13-11-21(12-14-34)28(38)30-19(3)33(4)5/h7,9-10,15-19,21H,6,8,11-14H2,1-5H3,(H,30,38)(H,36,37)/b9-7+. The fraction of sp³-hybridized carbons (Fsp3) is 0.483. The number of aryl methyl sites for hydroxylation is 2. The van der Waals surface area contributed by atoms with Gasteiger partial charge < -0.3 is 15.3 Å². The van der Waals surface area contributed by atoms with Gasteiger partial charge in [-0.1, -0.05) is 13.8 Å². The number of carboxylic acids is 1. The van der Waals surface area contributed by atoms with Crippen molar-refractivity contribution >= 4 is 40.8 Å². The number of carbonyl (C=O) groups is 2. The maximum Gasteiger partial charge on any atom is 0.328 e. The number of anilines is 1. The van der Waals surface area contributed by atoms with Crippen LogP contribution in [0.25, 0.3) is 11.7 Å². The SMILES string of the molecule is CC(C)c1csc(CCc2ccn3c(=O)c(/C=C/C(=O)O)c(N4CCC(C(=O)NC(C)N(C)C)CC4)nc3c2)n1. The van der Waals surface area contributed by atoms with Crippen LogP contribution in [0.2, 0.25) is 0 Å². The van der Waals surface area contributed by atoms with E-state index in [1.807, 2.05) is 43.0 Å². The Labute approximate surface area is 238 Å². The monoisotopic (exact) mass is 566 g/mol. The van der Waals surface area contributed by atoms with E-state index in [0.717, 1.165) is 35.2 Å². The number of aliphatic carboxylic acids is 1. The lowest BCUT2D eigenvalue weighted by atomic mass is 9.95. The number of nitrogens with one attached hydrogen (secondary N) is 1. The Morgan fingerprint density at radius 3 is 2.55 bits per heavy atom. The zero-order chi connectivity index (χ0) is 29.0. The highest BCUT2D eigenvalue weighted by Gasteiger charge is 2.28. The summed E-state index contributed by atoms with van der Waals surface area (Å²) >= 11 is 1.67. The van der Waals surface area contributed by atoms with Crippen molar-refractivity contribution in [3.8, 4) is 0 Å². The lowest BCUT2D eigenvalue weighted by Crippen LogP contribution is -2.47. The molecule has 1 saturated heterocycles. The van der Waals surface area contributed by atoms with Crippen LogP contribution in [0.3, 0.4) is 0 Å². The van der Waals surface area contributed by atoms with Crippen molar-refractivity contribution in [1.29, 1.82) is 0 Å². The van der Waals surface area contributed by atoms with Gasteiger partial charge in [0, 0.05) is 43.1 Å². The molecule has 2 N–H and O–H groups in total. The first-order chi connectivity index (χ1) is 19.0. The first kappa shape index (κ1) is 29.4. The summed E-state index contributed by atoms with van der Waals surface area (Å²) in [4.78, 5) is 51.0. The maximum atomic E-state index is 13.5. The minimum absolute atomic E-state index is 0.0174. The van der Waals surface area contributed by atoms with Crippen molar-refractivity contribution in [2.75, 3.05) is 32.1 Å². The summed E-state index contributed by atoms with van der Waals surface area (Å²) in [7, 11) is 3.83. The molecule has 0 aliphatic carbocycles. The highest BCUT2D eigenvalue weighted by Crippen LogP contribution is 2.26. The van der Waals surface area contributed by atoms with Crippen LogP contribution in [0.15, 0.2) is 34.6 Å². The Morgan fingerprint density at radius 1 is 1.20 bits per heavy atom. The molecular formula is C29H38N6O4S. The van der Waals surface area contributed by atoms with Gasteiger partial charge in [-0.25, -0.2) is 14.8 Å². The van der Waals surface area contributed by atoms with Crippen LogP contribution in [0.1, 0.15) is 61.4 Å². The number of carboxylic acid groups (broad SMARTS) is 1. The summed E-state index contributed by atoms with van der Waals surface area (Å²) < 4.78 is 1.46. The van der Waals surface area contributed by atoms with Crippen molar-refractivity contribution in [2.24, 2.45) is 5.92 Å². The number of thiazole rings is 1. The van der Waals surface area contributed by atoms with E-state index in [1.54, 1.807) is 17.5 Å². The average molecular weight is 567 g/mol. The molecule has 4 heterocycles. The van der Waals surface area contributed by atoms with Crippen LogP contribution in [0, 0.1) is 5.92 Å². The third kappa shape index (κ3) is 6.95. The largest absolute Gasteiger partial charge is 0.478 e. The van der Waals surface area contributed by atoms with Gasteiger partial charge in [0.05, 0.1) is 22.4 Å². The second kappa shape index (κ2) is 12.7. The zero-order valence-electron chi connectivity index (χ0n) is 23.8. The van der Waals surface area contributed by atoms with E-state index in [2.05, 4.69) is 24.5 Å². The van der Waals surface area contributed by atoms with E-state index in [4.69, 9.17) is 9.97 Å². The van der Waals surface area contributed by atoms with E-state index >= 15 is 0 Å². The zero-order valence-corrected chi connectivity index (χ0v) is 24.6. The van der Waals surface area contributed by atoms with Crippen LogP contribution in [-0.2, 0) is 22.4 Å². The summed E-state index contributed by atoms with van der Waals surface area (Å²) in [6, 6.07) is 3.81. The number of pyridine rings is 1. The Hall–Kier alpha value is -3.57. The van der Waals surface area contributed by atoms with Crippen LogP contribution < -0.4 is 15.8 Å². The van der Waals surface area contributed by atoms with Gasteiger partial charge in [0.15, 0.2) is 0 Å². The summed E-state index contributed by atoms with van der Waals surface area (Å²) in [6.45, 7) is 7.27. The molecule has 10 nitrogen and oxygen atoms in total. The summed E-state index contributed by atoms with van der Waals surface area (Å²) in [5.41, 5.74) is 2.54. The van der Waals surface area contributed by atoms with Gasteiger partial charge in [0.1, 0.15) is 11.5 Å². The molecule has 11 heteroatoms. The number of fused-ring (bicyclic) bond motifs is 1. The highest BCUT2D eigenvalue weighted by molar-refractivity contribution is 7.09. The Bertz CT molecular complexity index is 1450. The number of carbonyl (C=O) groups excluding carboxylic acids is 1. The molecule has 3 aromatic heterocycles. The molecule has 0 aromatic carbocycles. The quantitative estimate of drug-likeness (QED) is 0.283. The van der Waals surface area contributed by atoms with Crippen molar-refractivity contribution < 1.29 is 14.7 Å². The molecule has 0 saturated carbocycles. The lowest BCUT2D eigenvalue weighted by Gasteiger charge is -2.34. The van der Waals surface area contributed by atoms with Crippen LogP contribution in [-0.4, -0.2) is 69.6 Å². The predicted octanol–water partition coefficient (Wildman–Crippen LogP) is 3.40. The summed E-state index contributed by atoms with van der Waals surface area (Å²) in [6.07, 6.45) is 6.70. The smallest absolute Gasteiger partial charge is 0.328 e. The summed E-state index contributed by atoms with van der Waals surface area (Å²) in [5.74, 6) is -0.415. The van der Waals surface area contributed by atoms with E-state index in [-0.39, 0.29) is 29.1 Å². The molecule has 1 unspecified atom stereocenters. The van der Waals surface area contributed by atoms with Crippen molar-refractivity contribution in [3.05, 3.63) is 62.0 Å². The topological polar surface area (TPSA) is 120 Å². The second-order valence-electron chi connectivity index (χ2n) is 10.8. The van der Waals surface area contributed by atoms with Gasteiger partial charge in [-0.3, -0.25) is 18.9 Å². The summed E-state index contributed by atoms with van der Waals surface area (Å²) in [5, 5.41) is 15.4. The number of amides is 1. The molecule has 0 bridgehead atoms. The molecule has 1 aliphatic rings. The average Bonchev–Trinajstić information content (AvgIpc) is 3.40. The molecule has 40 heavy (non-hydrogen) atoms. The number of rotatable bonds is 10. The van der Waals surface area contributed by atoms with E-state index in [0.29, 0.717) is 43.3 Å². The Kier molecular flexibility index (Phi) is 9.36. The van der Waals surface area contributed by atoms with Crippen molar-refractivity contribution in [2.45, 2.75) is 58.5 Å². The maximum absolute atomic E-state index is 13.5. The lowest BCUT2D eigenvalue weighted by molar-refractivity contribution is -0.131. The highest BCUT2D eigenvalue weighted by atomic mass is 32.1. The molecule has 1 fully saturated rings. The van der Waals surface area contributed by atoms with Gasteiger partial charge in [0.2, 0.25) is 5.91 Å². The molecular weight excluding hydrogens is 528 g/mol. The van der Waals surface area contributed by atoms with Crippen molar-refractivity contribution in [3.63, 3.8) is 0 Å². The van der Waals surface area contributed by atoms with Gasteiger partial charge in [-0.15, -0.1) is 11.3 Å². The van der Waals surface area contributed by atoms with E-state index in [1.165, 1.54) is 10.5 Å². The van der Waals surface area contributed by atoms with Crippen LogP contribution >= 0.6 is 11.3 Å². The first-order valence-corrected chi connectivity index (χ1v) is 14.5. The van der Waals surface area contributed by atoms with Gasteiger partial charge >= 0.3 is 5.97 Å². The molecule has 0 radical (unpaired) electrons. The minimum Gasteiger partial charge on any atom is -0.478 e. The molecule has 214 valence electrons. The van der Waals surface area contributed by atoms with Gasteiger partial charge in [-0.05, 0) is 70.0 Å². The van der Waals surface area contributed by atoms with E-state index in [9.17, 15) is 19.5 Å². The number of hydrogen-bond acceptors (Lipinski definition) is 8. The number of aromatic nitrogens is 3. The number of piperidine rings is 1. The second-order valence-corrected chi connectivity index (χ2v) is 11.8. The molecule has 1 atom stereocenters. The number of hydrogen-bond donors (Lipinski definition) is 2. The van der Waals surface area contributed by atoms with Crippen LogP contribution in [0.4, 0.5) is 5.82 Å². The number of nitrogens with zero attached hydrogens (tertiary/aromatic N) is 5. The predicted molar refractivity (Wildman–Crippen MR) is 158 cm³/mol. The molecule has 3 aromatic rings. The first-order valence-electron chi connectivity index (χ1n) is 13.7. The van der Waals surface area contributed by atoms with E-state index < -0.39 is 5.97 Å². The molecule has 0 spiro atoms.